The number of halogens is 4. The van der Waals surface area contributed by atoms with Gasteiger partial charge in [-0.2, -0.15) is 0 Å². The highest BCUT2D eigenvalue weighted by Gasteiger charge is 2.41. The van der Waals surface area contributed by atoms with E-state index >= 15 is 0 Å². The highest BCUT2D eigenvalue weighted by atomic mass is 35.5. The predicted molar refractivity (Wildman–Crippen MR) is 42.5 cm³/mol. The molecule has 0 aliphatic heterocycles. The minimum atomic E-state index is -3.68. The fourth-order valence-corrected chi connectivity index (χ4v) is 1.13. The summed E-state index contributed by atoms with van der Waals surface area (Å²) in [5.41, 5.74) is -0.619. The molecule has 0 saturated carbocycles. The smallest absolute Gasteiger partial charge is 0.300 e. The fourth-order valence-electron chi connectivity index (χ4n) is 0.863. The Morgan fingerprint density at radius 2 is 1.85 bits per heavy atom. The Balaban J connectivity index is 3.14. The molecule has 72 valence electrons. The van der Waals surface area contributed by atoms with Crippen molar-refractivity contribution in [3.63, 3.8) is 0 Å². The molecule has 0 aliphatic carbocycles. The molecular formula is C8H6ClF3O. The minimum absolute atomic E-state index is 0.229. The molecule has 0 spiro atoms. The summed E-state index contributed by atoms with van der Waals surface area (Å²) in [4.78, 5) is 0. The molecule has 0 amide bonds. The lowest BCUT2D eigenvalue weighted by atomic mass is 10.1. The number of aliphatic hydroxyl groups is 1. The highest BCUT2D eigenvalue weighted by Crippen LogP contribution is 2.34. The van der Waals surface area contributed by atoms with Crippen LogP contribution in [0, 0.1) is 0 Å². The van der Waals surface area contributed by atoms with Crippen molar-refractivity contribution in [2.75, 3.05) is 0 Å². The summed E-state index contributed by atoms with van der Waals surface area (Å²) >= 11 is 5.42. The Bertz CT molecular complexity index is 301. The largest absolute Gasteiger partial charge is 0.354 e. The number of hydrogen-bond acceptors (Lipinski definition) is 1. The first-order valence-electron chi connectivity index (χ1n) is 3.40. The first-order chi connectivity index (χ1) is 5.96. The molecule has 5 heteroatoms. The van der Waals surface area contributed by atoms with E-state index in [9.17, 15) is 13.2 Å². The van der Waals surface area contributed by atoms with E-state index in [4.69, 9.17) is 16.7 Å². The third kappa shape index (κ3) is 1.95. The molecule has 0 saturated heterocycles. The zero-order chi connectivity index (χ0) is 10.1. The lowest BCUT2D eigenvalue weighted by molar-refractivity contribution is -0.194. The summed E-state index contributed by atoms with van der Waals surface area (Å²) in [6, 6.07) is 5.00. The van der Waals surface area contributed by atoms with Crippen LogP contribution in [-0.2, 0) is 5.85 Å². The molecule has 1 unspecified atom stereocenters. The van der Waals surface area contributed by atoms with Crippen molar-refractivity contribution in [2.24, 2.45) is 0 Å². The van der Waals surface area contributed by atoms with Crippen molar-refractivity contribution in [3.05, 3.63) is 34.9 Å². The molecule has 0 heterocycles. The van der Waals surface area contributed by atoms with Crippen molar-refractivity contribution in [1.82, 2.24) is 0 Å². The van der Waals surface area contributed by atoms with Gasteiger partial charge in [-0.15, -0.1) is 0 Å². The van der Waals surface area contributed by atoms with E-state index in [1.807, 2.05) is 0 Å². The molecule has 1 rings (SSSR count). The lowest BCUT2D eigenvalue weighted by Gasteiger charge is -2.18. The van der Waals surface area contributed by atoms with Gasteiger partial charge in [-0.25, -0.2) is 13.2 Å². The van der Waals surface area contributed by atoms with E-state index in [1.54, 1.807) is 0 Å². The maximum Gasteiger partial charge on any atom is 0.300 e. The van der Waals surface area contributed by atoms with Crippen molar-refractivity contribution in [1.29, 1.82) is 0 Å². The van der Waals surface area contributed by atoms with Crippen molar-refractivity contribution in [3.8, 4) is 0 Å². The third-order valence-electron chi connectivity index (χ3n) is 1.54. The van der Waals surface area contributed by atoms with Crippen LogP contribution in [0.2, 0.25) is 5.02 Å². The van der Waals surface area contributed by atoms with E-state index in [0.29, 0.717) is 0 Å². The summed E-state index contributed by atoms with van der Waals surface area (Å²) in [5.74, 6) is -3.68. The van der Waals surface area contributed by atoms with Crippen LogP contribution in [0.25, 0.3) is 0 Å². The zero-order valence-electron chi connectivity index (χ0n) is 6.35. The van der Waals surface area contributed by atoms with Crippen molar-refractivity contribution >= 4 is 11.6 Å². The Morgan fingerprint density at radius 3 is 2.31 bits per heavy atom. The van der Waals surface area contributed by atoms with Gasteiger partial charge in [-0.05, 0) is 6.07 Å². The molecule has 0 radical (unpaired) electrons. The van der Waals surface area contributed by atoms with Gasteiger partial charge < -0.3 is 5.11 Å². The standard InChI is InChI=1S/C8H6ClF3O/c9-6-4-2-1-3-5(6)8(12,13)7(10)11/h1-4,7,13H. The summed E-state index contributed by atoms with van der Waals surface area (Å²) in [5, 5.41) is 8.51. The van der Waals surface area contributed by atoms with Gasteiger partial charge in [0, 0.05) is 10.6 Å². The van der Waals surface area contributed by atoms with E-state index < -0.39 is 17.8 Å². The number of rotatable bonds is 2. The van der Waals surface area contributed by atoms with Gasteiger partial charge in [0.25, 0.3) is 5.85 Å². The minimum Gasteiger partial charge on any atom is -0.354 e. The lowest BCUT2D eigenvalue weighted by Crippen LogP contribution is -2.28. The summed E-state index contributed by atoms with van der Waals surface area (Å²) in [6.45, 7) is 0. The van der Waals surface area contributed by atoms with Gasteiger partial charge in [-0.3, -0.25) is 0 Å². The van der Waals surface area contributed by atoms with Gasteiger partial charge in [0.05, 0.1) is 0 Å². The van der Waals surface area contributed by atoms with E-state index in [1.165, 1.54) is 18.2 Å². The van der Waals surface area contributed by atoms with Crippen LogP contribution in [-0.4, -0.2) is 11.5 Å². The fraction of sp³-hybridized carbons (Fsp3) is 0.250. The van der Waals surface area contributed by atoms with Crippen LogP contribution in [0.3, 0.4) is 0 Å². The topological polar surface area (TPSA) is 20.2 Å². The molecule has 0 aromatic heterocycles. The van der Waals surface area contributed by atoms with Crippen LogP contribution in [0.4, 0.5) is 13.2 Å². The van der Waals surface area contributed by atoms with Crippen LogP contribution in [0.15, 0.2) is 24.3 Å². The number of hydrogen-bond donors (Lipinski definition) is 1. The van der Waals surface area contributed by atoms with Crippen LogP contribution in [0.1, 0.15) is 5.56 Å². The SMILES string of the molecule is OC(F)(c1ccccc1Cl)C(F)F. The monoisotopic (exact) mass is 210 g/mol. The van der Waals surface area contributed by atoms with Gasteiger partial charge in [0.15, 0.2) is 0 Å². The number of alkyl halides is 3. The number of benzene rings is 1. The molecule has 0 fully saturated rings. The molecule has 1 aromatic carbocycles. The second kappa shape index (κ2) is 3.55. The average molecular weight is 211 g/mol. The molecule has 0 bridgehead atoms. The molecular weight excluding hydrogens is 205 g/mol. The maximum absolute atomic E-state index is 12.9. The molecule has 1 atom stereocenters. The highest BCUT2D eigenvalue weighted by molar-refractivity contribution is 6.31. The van der Waals surface area contributed by atoms with E-state index in [2.05, 4.69) is 0 Å². The average Bonchev–Trinajstić information content (AvgIpc) is 2.04. The normalized spacial score (nSPS) is 15.8. The Labute approximate surface area is 77.8 Å². The second-order valence-corrected chi connectivity index (χ2v) is 2.86. The quantitative estimate of drug-likeness (QED) is 0.796. The Morgan fingerprint density at radius 1 is 1.31 bits per heavy atom. The second-order valence-electron chi connectivity index (χ2n) is 2.45. The van der Waals surface area contributed by atoms with E-state index in [-0.39, 0.29) is 5.02 Å². The van der Waals surface area contributed by atoms with Gasteiger partial charge >= 0.3 is 6.43 Å². The first-order valence-corrected chi connectivity index (χ1v) is 3.78. The molecule has 1 N–H and O–H groups in total. The Hall–Kier alpha value is -0.740. The molecule has 1 aromatic rings. The summed E-state index contributed by atoms with van der Waals surface area (Å²) in [6.07, 6.45) is -3.52. The first kappa shape index (κ1) is 10.3. The van der Waals surface area contributed by atoms with Crippen LogP contribution >= 0.6 is 11.6 Å². The van der Waals surface area contributed by atoms with Crippen LogP contribution < -0.4 is 0 Å². The Kier molecular flexibility index (Phi) is 2.83. The van der Waals surface area contributed by atoms with Crippen molar-refractivity contribution in [2.45, 2.75) is 12.3 Å². The predicted octanol–water partition coefficient (Wildman–Crippen LogP) is 2.72. The van der Waals surface area contributed by atoms with Gasteiger partial charge in [0.1, 0.15) is 0 Å². The van der Waals surface area contributed by atoms with Gasteiger partial charge in [0.2, 0.25) is 0 Å². The van der Waals surface area contributed by atoms with E-state index in [0.717, 1.165) is 6.07 Å². The molecule has 0 aliphatic rings. The van der Waals surface area contributed by atoms with Crippen LogP contribution in [0.5, 0.6) is 0 Å². The molecule has 13 heavy (non-hydrogen) atoms. The van der Waals surface area contributed by atoms with Crippen molar-refractivity contribution < 1.29 is 18.3 Å². The summed E-state index contributed by atoms with van der Waals surface area (Å²) in [7, 11) is 0. The maximum atomic E-state index is 12.9. The molecule has 1 nitrogen and oxygen atoms in total. The summed E-state index contributed by atoms with van der Waals surface area (Å²) < 4.78 is 36.9. The van der Waals surface area contributed by atoms with Gasteiger partial charge in [-0.1, -0.05) is 29.8 Å². The zero-order valence-corrected chi connectivity index (χ0v) is 7.10. The third-order valence-corrected chi connectivity index (χ3v) is 1.87.